The highest BCUT2D eigenvalue weighted by Crippen LogP contribution is 2.40. The van der Waals surface area contributed by atoms with Crippen molar-refractivity contribution in [2.75, 3.05) is 30.3 Å². The van der Waals surface area contributed by atoms with Gasteiger partial charge in [0.1, 0.15) is 5.82 Å². The number of ether oxygens (including phenoxy) is 1. The van der Waals surface area contributed by atoms with Gasteiger partial charge < -0.3 is 20.7 Å². The third-order valence-electron chi connectivity index (χ3n) is 5.46. The minimum absolute atomic E-state index is 0.00271. The number of nitrogens with zero attached hydrogens (tertiary/aromatic N) is 3. The first-order chi connectivity index (χ1) is 11.9. The van der Waals surface area contributed by atoms with Gasteiger partial charge >= 0.3 is 0 Å². The van der Waals surface area contributed by atoms with E-state index >= 15 is 0 Å². The summed E-state index contributed by atoms with van der Waals surface area (Å²) in [4.78, 5) is 22.2. The Morgan fingerprint density at radius 1 is 1.36 bits per heavy atom. The number of hydrogen-bond acceptors (Lipinski definition) is 6. The monoisotopic (exact) mass is 347 g/mol. The number of aryl methyl sites for hydroxylation is 1. The number of piperidine rings is 1. The molecule has 0 aliphatic carbocycles. The van der Waals surface area contributed by atoms with Gasteiger partial charge in [0.2, 0.25) is 11.9 Å². The van der Waals surface area contributed by atoms with Crippen molar-refractivity contribution < 1.29 is 9.53 Å². The summed E-state index contributed by atoms with van der Waals surface area (Å²) in [6.07, 6.45) is 5.04. The third kappa shape index (κ3) is 3.86. The van der Waals surface area contributed by atoms with Crippen LogP contribution in [0, 0.1) is 6.92 Å². The SMILES string of the molecule is CCc1nc(N)nc(N2CCC3(CC[C@H](CNC(C)=O)O3)CC2)c1C. The van der Waals surface area contributed by atoms with Gasteiger partial charge in [-0.15, -0.1) is 0 Å². The lowest BCUT2D eigenvalue weighted by Crippen LogP contribution is -2.45. The summed E-state index contributed by atoms with van der Waals surface area (Å²) in [5.41, 5.74) is 8.00. The normalized spacial score (nSPS) is 22.4. The number of nitrogens with two attached hydrogens (primary N) is 1. The molecule has 1 aromatic rings. The van der Waals surface area contributed by atoms with Crippen LogP contribution >= 0.6 is 0 Å². The van der Waals surface area contributed by atoms with Crippen LogP contribution in [0.15, 0.2) is 0 Å². The number of amides is 1. The second kappa shape index (κ2) is 7.15. The summed E-state index contributed by atoms with van der Waals surface area (Å²) < 4.78 is 6.32. The number of hydrogen-bond donors (Lipinski definition) is 2. The van der Waals surface area contributed by atoms with Crippen LogP contribution in [0.25, 0.3) is 0 Å². The van der Waals surface area contributed by atoms with Crippen molar-refractivity contribution in [1.82, 2.24) is 15.3 Å². The fourth-order valence-corrected chi connectivity index (χ4v) is 4.01. The average Bonchev–Trinajstić information content (AvgIpc) is 2.98. The van der Waals surface area contributed by atoms with Crippen molar-refractivity contribution in [3.63, 3.8) is 0 Å². The molecule has 7 nitrogen and oxygen atoms in total. The van der Waals surface area contributed by atoms with Gasteiger partial charge in [0.25, 0.3) is 0 Å². The molecule has 1 amide bonds. The first-order valence-electron chi connectivity index (χ1n) is 9.22. The Kier molecular flexibility index (Phi) is 5.13. The van der Waals surface area contributed by atoms with E-state index in [0.29, 0.717) is 12.5 Å². The molecule has 3 N–H and O–H groups in total. The summed E-state index contributed by atoms with van der Waals surface area (Å²) >= 11 is 0. The molecule has 3 heterocycles. The van der Waals surface area contributed by atoms with Crippen LogP contribution in [0.1, 0.15) is 50.8 Å². The molecule has 2 saturated heterocycles. The molecule has 0 bridgehead atoms. The van der Waals surface area contributed by atoms with E-state index in [1.807, 2.05) is 0 Å². The average molecular weight is 347 g/mol. The van der Waals surface area contributed by atoms with Crippen molar-refractivity contribution in [3.8, 4) is 0 Å². The van der Waals surface area contributed by atoms with Gasteiger partial charge in [-0.25, -0.2) is 4.98 Å². The number of carbonyl (C=O) groups is 1. The maximum atomic E-state index is 11.1. The summed E-state index contributed by atoms with van der Waals surface area (Å²) in [5.74, 6) is 1.32. The molecule has 0 unspecified atom stereocenters. The highest BCUT2D eigenvalue weighted by molar-refractivity contribution is 5.72. The second-order valence-electron chi connectivity index (χ2n) is 7.22. The van der Waals surface area contributed by atoms with Crippen molar-refractivity contribution >= 4 is 17.7 Å². The fraction of sp³-hybridized carbons (Fsp3) is 0.722. The van der Waals surface area contributed by atoms with E-state index in [0.717, 1.165) is 62.3 Å². The predicted molar refractivity (Wildman–Crippen MR) is 97.5 cm³/mol. The molecule has 138 valence electrons. The van der Waals surface area contributed by atoms with Crippen LogP contribution < -0.4 is 16.0 Å². The van der Waals surface area contributed by atoms with Crippen LogP contribution in [0.2, 0.25) is 0 Å². The lowest BCUT2D eigenvalue weighted by atomic mass is 9.88. The van der Waals surface area contributed by atoms with E-state index in [2.05, 4.69) is 34.0 Å². The van der Waals surface area contributed by atoms with Gasteiger partial charge in [-0.1, -0.05) is 6.92 Å². The number of nitrogen functional groups attached to an aromatic ring is 1. The Balaban J connectivity index is 1.63. The Hall–Kier alpha value is -1.89. The van der Waals surface area contributed by atoms with Crippen LogP contribution in [0.3, 0.4) is 0 Å². The quantitative estimate of drug-likeness (QED) is 0.859. The van der Waals surface area contributed by atoms with Crippen molar-refractivity contribution in [3.05, 3.63) is 11.3 Å². The molecule has 1 aromatic heterocycles. The van der Waals surface area contributed by atoms with Gasteiger partial charge in [0.05, 0.1) is 17.4 Å². The maximum Gasteiger partial charge on any atom is 0.222 e. The van der Waals surface area contributed by atoms with E-state index in [1.54, 1.807) is 6.92 Å². The largest absolute Gasteiger partial charge is 0.370 e. The van der Waals surface area contributed by atoms with Crippen molar-refractivity contribution in [2.24, 2.45) is 0 Å². The molecule has 7 heteroatoms. The van der Waals surface area contributed by atoms with E-state index < -0.39 is 0 Å². The molecular weight excluding hydrogens is 318 g/mol. The molecule has 2 fully saturated rings. The number of nitrogens with one attached hydrogen (secondary N) is 1. The number of aromatic nitrogens is 2. The zero-order valence-corrected chi connectivity index (χ0v) is 15.5. The molecule has 1 atom stereocenters. The molecule has 0 aromatic carbocycles. The molecule has 0 radical (unpaired) electrons. The minimum Gasteiger partial charge on any atom is -0.370 e. The van der Waals surface area contributed by atoms with E-state index in [4.69, 9.17) is 10.5 Å². The number of rotatable bonds is 4. The van der Waals surface area contributed by atoms with Crippen LogP contribution in [-0.2, 0) is 16.0 Å². The molecule has 2 aliphatic rings. The summed E-state index contributed by atoms with van der Waals surface area (Å²) in [6.45, 7) is 8.14. The standard InChI is InChI=1S/C18H29N5O2/c1-4-15-12(2)16(22-17(19)21-15)23-9-7-18(8-10-23)6-5-14(25-18)11-20-13(3)24/h14H,4-11H2,1-3H3,(H,20,24)(H2,19,21,22)/t14-/m1/s1. The van der Waals surface area contributed by atoms with E-state index in [9.17, 15) is 4.79 Å². The van der Waals surface area contributed by atoms with Crippen molar-refractivity contribution in [1.29, 1.82) is 0 Å². The van der Waals surface area contributed by atoms with Gasteiger partial charge in [-0.3, -0.25) is 4.79 Å². The molecule has 3 rings (SSSR count). The first-order valence-corrected chi connectivity index (χ1v) is 9.22. The maximum absolute atomic E-state index is 11.1. The topological polar surface area (TPSA) is 93.4 Å². The second-order valence-corrected chi connectivity index (χ2v) is 7.22. The summed E-state index contributed by atoms with van der Waals surface area (Å²) in [7, 11) is 0. The predicted octanol–water partition coefficient (Wildman–Crippen LogP) is 1.58. The summed E-state index contributed by atoms with van der Waals surface area (Å²) in [6, 6.07) is 0. The smallest absolute Gasteiger partial charge is 0.222 e. The Morgan fingerprint density at radius 3 is 2.72 bits per heavy atom. The highest BCUT2D eigenvalue weighted by atomic mass is 16.5. The highest BCUT2D eigenvalue weighted by Gasteiger charge is 2.42. The van der Waals surface area contributed by atoms with Crippen LogP contribution in [0.5, 0.6) is 0 Å². The third-order valence-corrected chi connectivity index (χ3v) is 5.46. The lowest BCUT2D eigenvalue weighted by Gasteiger charge is -2.40. The lowest BCUT2D eigenvalue weighted by molar-refractivity contribution is -0.120. The zero-order valence-electron chi connectivity index (χ0n) is 15.5. The zero-order chi connectivity index (χ0) is 18.0. The van der Waals surface area contributed by atoms with Crippen LogP contribution in [0.4, 0.5) is 11.8 Å². The van der Waals surface area contributed by atoms with Gasteiger partial charge in [0, 0.05) is 32.1 Å². The summed E-state index contributed by atoms with van der Waals surface area (Å²) in [5, 5.41) is 2.87. The Labute approximate surface area is 149 Å². The molecule has 0 saturated carbocycles. The molecular formula is C18H29N5O2. The van der Waals surface area contributed by atoms with E-state index in [1.165, 1.54) is 0 Å². The number of anilines is 2. The minimum atomic E-state index is -0.0420. The fourth-order valence-electron chi connectivity index (χ4n) is 4.01. The van der Waals surface area contributed by atoms with Crippen LogP contribution in [-0.4, -0.2) is 47.2 Å². The Morgan fingerprint density at radius 2 is 2.08 bits per heavy atom. The molecule has 2 aliphatic heterocycles. The van der Waals surface area contributed by atoms with Gasteiger partial charge in [-0.2, -0.15) is 4.98 Å². The van der Waals surface area contributed by atoms with Gasteiger partial charge in [-0.05, 0) is 39.0 Å². The van der Waals surface area contributed by atoms with E-state index in [-0.39, 0.29) is 17.6 Å². The van der Waals surface area contributed by atoms with Crippen molar-refractivity contribution in [2.45, 2.75) is 64.6 Å². The first kappa shape index (κ1) is 17.9. The number of carbonyl (C=O) groups excluding carboxylic acids is 1. The van der Waals surface area contributed by atoms with Gasteiger partial charge in [0.15, 0.2) is 0 Å². The Bertz CT molecular complexity index is 641. The molecule has 1 spiro atoms. The molecule has 25 heavy (non-hydrogen) atoms.